The molecule has 9 heteroatoms. The van der Waals surface area contributed by atoms with Gasteiger partial charge in [0.25, 0.3) is 10.0 Å². The van der Waals surface area contributed by atoms with Crippen molar-refractivity contribution >= 4 is 44.1 Å². The van der Waals surface area contributed by atoms with Crippen LogP contribution in [0.5, 0.6) is 0 Å². The first kappa shape index (κ1) is 27.0. The Bertz CT molecular complexity index is 2170. The second-order valence-corrected chi connectivity index (χ2v) is 14.2. The van der Waals surface area contributed by atoms with Crippen LogP contribution in [0.3, 0.4) is 0 Å². The van der Waals surface area contributed by atoms with Gasteiger partial charge in [0.15, 0.2) is 0 Å². The van der Waals surface area contributed by atoms with Crippen molar-refractivity contribution in [1.29, 1.82) is 0 Å². The van der Waals surface area contributed by atoms with Crippen LogP contribution in [-0.4, -0.2) is 18.7 Å². The molecule has 4 aromatic carbocycles. The minimum absolute atomic E-state index is 0.0527. The Morgan fingerprint density at radius 1 is 0.750 bits per heavy atom. The summed E-state index contributed by atoms with van der Waals surface area (Å²) < 4.78 is 33.6. The maximum atomic E-state index is 13.7. The van der Waals surface area contributed by atoms with E-state index in [1.807, 2.05) is 82.7 Å². The van der Waals surface area contributed by atoms with E-state index in [4.69, 9.17) is 5.10 Å². The third-order valence-corrected chi connectivity index (χ3v) is 11.3. The fourth-order valence-electron chi connectivity index (χ4n) is 6.15. The highest BCUT2D eigenvalue weighted by Crippen LogP contribution is 2.47. The van der Waals surface area contributed by atoms with E-state index >= 15 is 0 Å². The van der Waals surface area contributed by atoms with E-state index in [2.05, 4.69) is 51.2 Å². The van der Waals surface area contributed by atoms with E-state index in [0.29, 0.717) is 4.80 Å². The van der Waals surface area contributed by atoms with Gasteiger partial charge in [-0.15, -0.1) is 27.1 Å². The normalized spacial score (nSPS) is 17.9. The Kier molecular flexibility index (Phi) is 6.66. The van der Waals surface area contributed by atoms with Crippen molar-refractivity contribution in [2.75, 3.05) is 5.01 Å². The third-order valence-electron chi connectivity index (χ3n) is 8.17. The molecule has 0 N–H and O–H groups in total. The van der Waals surface area contributed by atoms with Gasteiger partial charge in [-0.2, -0.15) is 13.5 Å². The number of fused-ring (bicyclic) bond motifs is 3. The standard InChI is InChI=1S/C35H26N4O2S3/c40-44(41,37-35-38(26-13-5-2-6-14-26)31(23-43-35)24-10-3-1-4-11-24)28-19-17-27(18-20-28)39-34(32-16-9-21-42-32)30-22-25-12-7-8-15-29(25)33(30)36-39/h1-21,23,30,34H,22H2. The van der Waals surface area contributed by atoms with Gasteiger partial charge >= 0.3 is 0 Å². The van der Waals surface area contributed by atoms with Crippen molar-refractivity contribution in [3.8, 4) is 16.9 Å². The summed E-state index contributed by atoms with van der Waals surface area (Å²) in [6.07, 6.45) is 0.937. The predicted octanol–water partition coefficient (Wildman–Crippen LogP) is 7.69. The van der Waals surface area contributed by atoms with Crippen LogP contribution >= 0.6 is 22.7 Å². The third kappa shape index (κ3) is 4.64. The molecule has 0 amide bonds. The lowest BCUT2D eigenvalue weighted by atomic mass is 9.94. The van der Waals surface area contributed by atoms with E-state index in [1.165, 1.54) is 27.3 Å². The number of sulfonamides is 1. The number of thiazole rings is 1. The lowest BCUT2D eigenvalue weighted by molar-refractivity contribution is 0.564. The van der Waals surface area contributed by atoms with Gasteiger partial charge in [-0.3, -0.25) is 9.58 Å². The van der Waals surface area contributed by atoms with Crippen molar-refractivity contribution in [3.63, 3.8) is 0 Å². The van der Waals surface area contributed by atoms with Crippen LogP contribution in [0.2, 0.25) is 0 Å². The Balaban J connectivity index is 1.17. The molecule has 2 unspecified atom stereocenters. The van der Waals surface area contributed by atoms with Gasteiger partial charge in [0, 0.05) is 27.4 Å². The molecule has 216 valence electrons. The van der Waals surface area contributed by atoms with Gasteiger partial charge in [0.1, 0.15) is 0 Å². The molecule has 6 nitrogen and oxygen atoms in total. The molecule has 0 fully saturated rings. The largest absolute Gasteiger partial charge is 0.285 e. The number of hydrazone groups is 1. The molecule has 0 saturated heterocycles. The van der Waals surface area contributed by atoms with Gasteiger partial charge in [-0.05, 0) is 65.4 Å². The number of benzene rings is 4. The van der Waals surface area contributed by atoms with Crippen LogP contribution < -0.4 is 9.81 Å². The number of hydrogen-bond donors (Lipinski definition) is 0. The fourth-order valence-corrected chi connectivity index (χ4v) is 9.14. The lowest BCUT2D eigenvalue weighted by Crippen LogP contribution is -2.24. The summed E-state index contributed by atoms with van der Waals surface area (Å²) in [4.78, 5) is 1.76. The van der Waals surface area contributed by atoms with Gasteiger partial charge < -0.3 is 0 Å². The highest BCUT2D eigenvalue weighted by molar-refractivity contribution is 7.90. The summed E-state index contributed by atoms with van der Waals surface area (Å²) in [5, 5.41) is 11.2. The smallest absolute Gasteiger partial charge is 0.284 e. The molecule has 2 atom stereocenters. The number of para-hydroxylation sites is 1. The number of aromatic nitrogens is 1. The summed E-state index contributed by atoms with van der Waals surface area (Å²) >= 11 is 3.03. The molecule has 8 rings (SSSR count). The second kappa shape index (κ2) is 10.9. The molecule has 6 aromatic rings. The Morgan fingerprint density at radius 2 is 1.48 bits per heavy atom. The number of anilines is 1. The minimum atomic E-state index is -4.00. The Labute approximate surface area is 263 Å². The number of hydrogen-bond acceptors (Lipinski definition) is 6. The molecule has 0 saturated carbocycles. The number of rotatable bonds is 6. The molecule has 44 heavy (non-hydrogen) atoms. The van der Waals surface area contributed by atoms with Crippen molar-refractivity contribution < 1.29 is 8.42 Å². The maximum Gasteiger partial charge on any atom is 0.285 e. The van der Waals surface area contributed by atoms with E-state index in [-0.39, 0.29) is 16.9 Å². The van der Waals surface area contributed by atoms with E-state index in [1.54, 1.807) is 23.5 Å². The lowest BCUT2D eigenvalue weighted by Gasteiger charge is -2.26. The minimum Gasteiger partial charge on any atom is -0.284 e. The fraction of sp³-hybridized carbons (Fsp3) is 0.0857. The highest BCUT2D eigenvalue weighted by Gasteiger charge is 2.44. The molecular formula is C35H26N4O2S3. The van der Waals surface area contributed by atoms with Crippen molar-refractivity contribution in [3.05, 3.63) is 153 Å². The van der Waals surface area contributed by atoms with Gasteiger partial charge in [0.2, 0.25) is 4.80 Å². The van der Waals surface area contributed by atoms with Crippen molar-refractivity contribution in [1.82, 2.24) is 4.57 Å². The van der Waals surface area contributed by atoms with Crippen LogP contribution in [0.1, 0.15) is 22.0 Å². The zero-order chi connectivity index (χ0) is 29.7. The molecular weight excluding hydrogens is 605 g/mol. The molecule has 1 aliphatic heterocycles. The van der Waals surface area contributed by atoms with Crippen LogP contribution in [0, 0.1) is 5.92 Å². The first-order valence-corrected chi connectivity index (χ1v) is 17.5. The highest BCUT2D eigenvalue weighted by atomic mass is 32.2. The zero-order valence-corrected chi connectivity index (χ0v) is 25.8. The summed E-state index contributed by atoms with van der Waals surface area (Å²) in [6, 6.07) is 39.4. The Morgan fingerprint density at radius 3 is 2.23 bits per heavy atom. The molecule has 2 aromatic heterocycles. The SMILES string of the molecule is O=S(=O)(N=c1scc(-c2ccccc2)n1-c1ccccc1)c1ccc(N2N=C3c4ccccc4CC3C2c2cccs2)cc1. The zero-order valence-electron chi connectivity index (χ0n) is 23.4. The molecule has 2 aliphatic rings. The van der Waals surface area contributed by atoms with Gasteiger partial charge in [-0.25, -0.2) is 0 Å². The van der Waals surface area contributed by atoms with E-state index in [0.717, 1.165) is 34.8 Å². The molecule has 0 radical (unpaired) electrons. The average Bonchev–Trinajstić information content (AvgIpc) is 3.86. The average molecular weight is 631 g/mol. The summed E-state index contributed by atoms with van der Waals surface area (Å²) in [6.45, 7) is 0. The van der Waals surface area contributed by atoms with Gasteiger partial charge in [0.05, 0.1) is 28.0 Å². The van der Waals surface area contributed by atoms with E-state index in [9.17, 15) is 8.42 Å². The monoisotopic (exact) mass is 630 g/mol. The summed E-state index contributed by atoms with van der Waals surface area (Å²) in [5.74, 6) is 0.246. The Hall–Kier alpha value is -4.57. The number of nitrogens with zero attached hydrogens (tertiary/aromatic N) is 4. The predicted molar refractivity (Wildman–Crippen MR) is 178 cm³/mol. The van der Waals surface area contributed by atoms with Gasteiger partial charge in [-0.1, -0.05) is 78.9 Å². The maximum absolute atomic E-state index is 13.7. The molecule has 3 heterocycles. The molecule has 0 spiro atoms. The first-order valence-electron chi connectivity index (χ1n) is 14.3. The van der Waals surface area contributed by atoms with Crippen LogP contribution in [0.25, 0.3) is 16.9 Å². The van der Waals surface area contributed by atoms with Crippen LogP contribution in [-0.2, 0) is 16.4 Å². The first-order chi connectivity index (χ1) is 21.6. The number of thiophene rings is 1. The molecule has 0 bridgehead atoms. The van der Waals surface area contributed by atoms with E-state index < -0.39 is 10.0 Å². The topological polar surface area (TPSA) is 67.0 Å². The van der Waals surface area contributed by atoms with Crippen molar-refractivity contribution in [2.24, 2.45) is 15.4 Å². The second-order valence-electron chi connectivity index (χ2n) is 10.8. The molecule has 1 aliphatic carbocycles. The summed E-state index contributed by atoms with van der Waals surface area (Å²) in [5.41, 5.74) is 7.19. The summed E-state index contributed by atoms with van der Waals surface area (Å²) in [7, 11) is -4.00. The van der Waals surface area contributed by atoms with Crippen LogP contribution in [0.4, 0.5) is 5.69 Å². The quantitative estimate of drug-likeness (QED) is 0.190. The van der Waals surface area contributed by atoms with Crippen LogP contribution in [0.15, 0.2) is 146 Å². The van der Waals surface area contributed by atoms with Crippen molar-refractivity contribution in [2.45, 2.75) is 17.4 Å².